The van der Waals surface area contributed by atoms with Crippen molar-refractivity contribution < 1.29 is 14.7 Å². The van der Waals surface area contributed by atoms with Crippen LogP contribution in [0.5, 0.6) is 5.75 Å². The van der Waals surface area contributed by atoms with E-state index in [-0.39, 0.29) is 45.2 Å². The summed E-state index contributed by atoms with van der Waals surface area (Å²) in [5.41, 5.74) is 13.3. The SMILES string of the molecule is CCCCCCCCCCCCCCCCNc1ccc(O)c2c1C(=O)c1c(N)ccc(N)c1C2=O. The van der Waals surface area contributed by atoms with Crippen LogP contribution in [0.3, 0.4) is 0 Å². The molecule has 2 aromatic rings. The van der Waals surface area contributed by atoms with Crippen LogP contribution in [0.2, 0.25) is 0 Å². The van der Waals surface area contributed by atoms with Crippen molar-refractivity contribution in [3.05, 3.63) is 46.5 Å². The van der Waals surface area contributed by atoms with Crippen LogP contribution in [-0.4, -0.2) is 23.2 Å². The number of aromatic hydroxyl groups is 1. The lowest BCUT2D eigenvalue weighted by Crippen LogP contribution is -2.25. The molecule has 36 heavy (non-hydrogen) atoms. The van der Waals surface area contributed by atoms with E-state index in [9.17, 15) is 14.7 Å². The highest BCUT2D eigenvalue weighted by Gasteiger charge is 2.36. The molecule has 6 heteroatoms. The second kappa shape index (κ2) is 13.9. The largest absolute Gasteiger partial charge is 0.507 e. The van der Waals surface area contributed by atoms with Crippen LogP contribution in [0, 0.1) is 0 Å². The number of nitrogens with one attached hydrogen (secondary N) is 1. The molecule has 6 N–H and O–H groups in total. The van der Waals surface area contributed by atoms with E-state index in [0.717, 1.165) is 12.8 Å². The normalized spacial score (nSPS) is 12.5. The van der Waals surface area contributed by atoms with Gasteiger partial charge in [0.1, 0.15) is 5.75 Å². The lowest BCUT2D eigenvalue weighted by atomic mass is 9.81. The fourth-order valence-corrected chi connectivity index (χ4v) is 5.12. The summed E-state index contributed by atoms with van der Waals surface area (Å²) in [6, 6.07) is 6.15. The molecule has 0 saturated carbocycles. The Balaban J connectivity index is 1.41. The fraction of sp³-hybridized carbons (Fsp3) is 0.533. The molecule has 0 atom stereocenters. The van der Waals surface area contributed by atoms with Crippen molar-refractivity contribution in [3.8, 4) is 5.75 Å². The smallest absolute Gasteiger partial charge is 0.200 e. The summed E-state index contributed by atoms with van der Waals surface area (Å²) in [6.45, 7) is 2.95. The minimum atomic E-state index is -0.470. The highest BCUT2D eigenvalue weighted by atomic mass is 16.3. The summed E-state index contributed by atoms with van der Waals surface area (Å²) in [4.78, 5) is 26.5. The number of rotatable bonds is 16. The summed E-state index contributed by atoms with van der Waals surface area (Å²) in [5, 5.41) is 13.7. The molecule has 6 nitrogen and oxygen atoms in total. The first-order valence-electron chi connectivity index (χ1n) is 13.8. The van der Waals surface area contributed by atoms with E-state index in [0.29, 0.717) is 12.2 Å². The number of anilines is 3. The quantitative estimate of drug-likeness (QED) is 0.0950. The molecule has 0 radical (unpaired) electrons. The van der Waals surface area contributed by atoms with E-state index < -0.39 is 5.78 Å². The number of unbranched alkanes of at least 4 members (excludes halogenated alkanes) is 13. The van der Waals surface area contributed by atoms with Crippen LogP contribution in [0.15, 0.2) is 24.3 Å². The molecule has 2 aromatic carbocycles. The molecule has 196 valence electrons. The van der Waals surface area contributed by atoms with Crippen molar-refractivity contribution in [1.82, 2.24) is 0 Å². The summed E-state index contributed by atoms with van der Waals surface area (Å²) in [6.07, 6.45) is 18.2. The number of fused-ring (bicyclic) bond motifs is 2. The van der Waals surface area contributed by atoms with Crippen LogP contribution in [0.1, 0.15) is 129 Å². The van der Waals surface area contributed by atoms with Gasteiger partial charge in [-0.15, -0.1) is 0 Å². The molecular weight excluding hydrogens is 450 g/mol. The van der Waals surface area contributed by atoms with Crippen molar-refractivity contribution in [3.63, 3.8) is 0 Å². The maximum absolute atomic E-state index is 13.3. The molecule has 0 aliphatic heterocycles. The van der Waals surface area contributed by atoms with Gasteiger partial charge in [0.15, 0.2) is 11.6 Å². The number of ketones is 2. The Morgan fingerprint density at radius 1 is 0.611 bits per heavy atom. The molecule has 0 saturated heterocycles. The first-order chi connectivity index (χ1) is 17.5. The van der Waals surface area contributed by atoms with Gasteiger partial charge >= 0.3 is 0 Å². The Morgan fingerprint density at radius 3 is 1.56 bits per heavy atom. The van der Waals surface area contributed by atoms with E-state index in [4.69, 9.17) is 11.5 Å². The molecule has 0 amide bonds. The first kappa shape index (κ1) is 27.6. The standard InChI is InChI=1S/C30H43N3O3/c1-2-3-4-5-6-7-8-9-10-11-12-13-14-15-20-33-23-18-19-24(34)28-27(23)29(35)25-21(31)16-17-22(32)26(25)30(28)36/h16-19,33-34H,2-15,20,31-32H2,1H3. The molecule has 0 bridgehead atoms. The van der Waals surface area contributed by atoms with E-state index in [1.807, 2.05) is 0 Å². The number of phenolic OH excluding ortho intramolecular Hbond substituents is 1. The number of hydrogen-bond acceptors (Lipinski definition) is 6. The number of nitrogen functional groups attached to an aromatic ring is 2. The van der Waals surface area contributed by atoms with Crippen LogP contribution < -0.4 is 16.8 Å². The van der Waals surface area contributed by atoms with Crippen molar-refractivity contribution in [2.24, 2.45) is 0 Å². The maximum atomic E-state index is 13.3. The Hall–Kier alpha value is -3.02. The highest BCUT2D eigenvalue weighted by Crippen LogP contribution is 2.40. The van der Waals surface area contributed by atoms with E-state index >= 15 is 0 Å². The van der Waals surface area contributed by atoms with Gasteiger partial charge in [0.25, 0.3) is 0 Å². The third-order valence-corrected chi connectivity index (χ3v) is 7.21. The predicted octanol–water partition coefficient (Wildman–Crippen LogP) is 7.23. The molecule has 0 heterocycles. The van der Waals surface area contributed by atoms with Gasteiger partial charge in [0.05, 0.1) is 22.3 Å². The molecule has 0 aromatic heterocycles. The zero-order valence-electron chi connectivity index (χ0n) is 21.8. The molecule has 0 spiro atoms. The van der Waals surface area contributed by atoms with E-state index in [2.05, 4.69) is 12.2 Å². The summed E-state index contributed by atoms with van der Waals surface area (Å²) in [5.74, 6) is -1.08. The molecule has 0 unspecified atom stereocenters. The lowest BCUT2D eigenvalue weighted by Gasteiger charge is -2.23. The van der Waals surface area contributed by atoms with Crippen molar-refractivity contribution in [2.75, 3.05) is 23.3 Å². The van der Waals surface area contributed by atoms with Crippen LogP contribution in [-0.2, 0) is 0 Å². The van der Waals surface area contributed by atoms with E-state index in [1.54, 1.807) is 6.07 Å². The zero-order valence-corrected chi connectivity index (χ0v) is 21.8. The fourth-order valence-electron chi connectivity index (χ4n) is 5.12. The second-order valence-corrected chi connectivity index (χ2v) is 10.1. The minimum absolute atomic E-state index is 0.00393. The monoisotopic (exact) mass is 493 g/mol. The zero-order chi connectivity index (χ0) is 25.9. The Bertz CT molecular complexity index is 1050. The topological polar surface area (TPSA) is 118 Å². The van der Waals surface area contributed by atoms with Crippen molar-refractivity contribution in [2.45, 2.75) is 96.8 Å². The molecule has 3 rings (SSSR count). The number of nitrogens with two attached hydrogens (primary N) is 2. The van der Waals surface area contributed by atoms with Crippen LogP contribution in [0.4, 0.5) is 17.1 Å². The number of benzene rings is 2. The summed E-state index contributed by atoms with van der Waals surface area (Å²) in [7, 11) is 0. The van der Waals surface area contributed by atoms with Gasteiger partial charge in [-0.2, -0.15) is 0 Å². The van der Waals surface area contributed by atoms with Gasteiger partial charge in [-0.05, 0) is 30.7 Å². The van der Waals surface area contributed by atoms with Gasteiger partial charge < -0.3 is 21.9 Å². The Kier molecular flexibility index (Phi) is 10.6. The van der Waals surface area contributed by atoms with E-state index in [1.165, 1.54) is 95.2 Å². The highest BCUT2D eigenvalue weighted by molar-refractivity contribution is 6.34. The molecule has 1 aliphatic rings. The van der Waals surface area contributed by atoms with Crippen LogP contribution in [0.25, 0.3) is 0 Å². The third kappa shape index (κ3) is 6.80. The van der Waals surface area contributed by atoms with Gasteiger partial charge in [0.2, 0.25) is 0 Å². The van der Waals surface area contributed by atoms with Crippen LogP contribution >= 0.6 is 0 Å². The third-order valence-electron chi connectivity index (χ3n) is 7.21. The van der Waals surface area contributed by atoms with Gasteiger partial charge in [-0.3, -0.25) is 9.59 Å². The number of phenols is 1. The van der Waals surface area contributed by atoms with Crippen molar-refractivity contribution >= 4 is 28.6 Å². The number of hydrogen-bond donors (Lipinski definition) is 4. The van der Waals surface area contributed by atoms with Gasteiger partial charge in [-0.1, -0.05) is 90.4 Å². The molecule has 0 fully saturated rings. The minimum Gasteiger partial charge on any atom is -0.507 e. The van der Waals surface area contributed by atoms with Gasteiger partial charge in [-0.25, -0.2) is 0 Å². The Labute approximate surface area is 215 Å². The average molecular weight is 494 g/mol. The molecular formula is C30H43N3O3. The molecule has 1 aliphatic carbocycles. The second-order valence-electron chi connectivity index (χ2n) is 10.1. The van der Waals surface area contributed by atoms with Gasteiger partial charge in [0, 0.05) is 23.6 Å². The number of carbonyl (C=O) groups is 2. The lowest BCUT2D eigenvalue weighted by molar-refractivity contribution is 0.0978. The first-order valence-corrected chi connectivity index (χ1v) is 13.8. The average Bonchev–Trinajstić information content (AvgIpc) is 2.86. The predicted molar refractivity (Wildman–Crippen MR) is 149 cm³/mol. The van der Waals surface area contributed by atoms with Crippen molar-refractivity contribution in [1.29, 1.82) is 0 Å². The Morgan fingerprint density at radius 2 is 1.06 bits per heavy atom. The summed E-state index contributed by atoms with van der Waals surface area (Å²) < 4.78 is 0. The number of carbonyl (C=O) groups excluding carboxylic acids is 2. The maximum Gasteiger partial charge on any atom is 0.200 e. The summed E-state index contributed by atoms with van der Waals surface area (Å²) >= 11 is 0.